The van der Waals surface area contributed by atoms with E-state index < -0.39 is 5.60 Å². The highest BCUT2D eigenvalue weighted by atomic mass is 127. The topological polar surface area (TPSA) is 66.3 Å². The summed E-state index contributed by atoms with van der Waals surface area (Å²) < 4.78 is 11.7. The number of hydrogen-bond donors (Lipinski definition) is 1. The van der Waals surface area contributed by atoms with Crippen molar-refractivity contribution in [3.05, 3.63) is 11.9 Å². The van der Waals surface area contributed by atoms with Gasteiger partial charge in [0, 0.05) is 40.1 Å². The van der Waals surface area contributed by atoms with Crippen LogP contribution < -0.4 is 5.32 Å². The maximum absolute atomic E-state index is 12.1. The number of allylic oxidation sites excluding steroid dienone is 1. The molecule has 1 N–H and O–H groups in total. The fourth-order valence-corrected chi connectivity index (χ4v) is 4.39. The first-order valence-corrected chi connectivity index (χ1v) is 9.93. The molecule has 2 unspecified atom stereocenters. The fourth-order valence-electron chi connectivity index (χ4n) is 3.39. The molecular weight excluding hydrogens is 395 g/mol. The first-order chi connectivity index (χ1) is 10.4. The molecule has 1 saturated carbocycles. The highest BCUT2D eigenvalue weighted by Gasteiger charge is 2.43. The molecule has 122 valence electrons. The molecule has 2 aliphatic heterocycles. The van der Waals surface area contributed by atoms with Gasteiger partial charge in [-0.05, 0) is 55.5 Å². The number of amides is 1. The maximum atomic E-state index is 12.1. The Balaban J connectivity index is 1.50. The molecule has 1 saturated heterocycles. The molecule has 6 nitrogen and oxygen atoms in total. The van der Waals surface area contributed by atoms with Crippen LogP contribution in [0.5, 0.6) is 0 Å². The minimum absolute atomic E-state index is 0.172. The second-order valence-corrected chi connectivity index (χ2v) is 8.88. The predicted octanol–water partition coefficient (Wildman–Crippen LogP) is 3.22. The van der Waals surface area contributed by atoms with Gasteiger partial charge in [0.2, 0.25) is 0 Å². The van der Waals surface area contributed by atoms with Gasteiger partial charge in [-0.3, -0.25) is 0 Å². The smallest absolute Gasteiger partial charge is 0.410 e. The Morgan fingerprint density at radius 1 is 1.36 bits per heavy atom. The molecule has 3 rings (SSSR count). The van der Waals surface area contributed by atoms with Gasteiger partial charge in [0.05, 0.1) is 0 Å². The molecule has 22 heavy (non-hydrogen) atoms. The third-order valence-electron chi connectivity index (χ3n) is 4.22. The number of nitrogens with zero attached hydrogens (tertiary/aromatic N) is 3. The summed E-state index contributed by atoms with van der Waals surface area (Å²) >= 11 is -0.209. The van der Waals surface area contributed by atoms with E-state index in [2.05, 4.69) is 17.8 Å². The third kappa shape index (κ3) is 3.85. The van der Waals surface area contributed by atoms with Crippen LogP contribution in [0.3, 0.4) is 0 Å². The summed E-state index contributed by atoms with van der Waals surface area (Å²) in [5.74, 6) is 2.03. The molecule has 0 radical (unpaired) electrons. The van der Waals surface area contributed by atoms with Gasteiger partial charge >= 0.3 is 6.09 Å². The lowest BCUT2D eigenvalue weighted by Crippen LogP contribution is -2.37. The van der Waals surface area contributed by atoms with E-state index in [4.69, 9.17) is 4.74 Å². The zero-order chi connectivity index (χ0) is 15.7. The molecule has 0 aromatic rings. The van der Waals surface area contributed by atoms with E-state index in [0.717, 1.165) is 31.8 Å². The average molecular weight is 418 g/mol. The summed E-state index contributed by atoms with van der Waals surface area (Å²) in [5.41, 5.74) is -0.420. The van der Waals surface area contributed by atoms with E-state index in [1.807, 2.05) is 31.7 Å². The minimum atomic E-state index is -0.420. The van der Waals surface area contributed by atoms with Gasteiger partial charge in [-0.25, -0.2) is 4.79 Å². The lowest BCUT2D eigenvalue weighted by atomic mass is 10.0. The standard InChI is InChI=1S/C15H23IN4O2/c1-15(2,3)22-14(21)20-8-10-6-12(7-11(10)9-20)17-13-4-5-16-19-18-13/h4-5,10-12H,6-9H2,1-3H3,(H,17,18)/t10-,11?,12?/m1/s1. The van der Waals surface area contributed by atoms with Crippen LogP contribution in [-0.4, -0.2) is 39.7 Å². The Morgan fingerprint density at radius 3 is 2.59 bits per heavy atom. The van der Waals surface area contributed by atoms with Gasteiger partial charge in [0.15, 0.2) is 0 Å². The molecule has 0 bridgehead atoms. The van der Waals surface area contributed by atoms with Crippen LogP contribution in [0.15, 0.2) is 20.3 Å². The molecule has 0 spiro atoms. The Hall–Kier alpha value is -0.990. The number of likely N-dealkylation sites (tertiary alicyclic amines) is 1. The highest BCUT2D eigenvalue weighted by molar-refractivity contribution is 14.2. The van der Waals surface area contributed by atoms with Crippen LogP contribution in [0, 0.1) is 11.8 Å². The van der Waals surface area contributed by atoms with Crippen molar-refractivity contribution in [2.24, 2.45) is 20.3 Å². The van der Waals surface area contributed by atoms with Crippen molar-refractivity contribution in [1.29, 1.82) is 0 Å². The molecular formula is C15H23IN4O2. The van der Waals surface area contributed by atoms with Crippen LogP contribution in [0.1, 0.15) is 33.6 Å². The van der Waals surface area contributed by atoms with E-state index >= 15 is 0 Å². The van der Waals surface area contributed by atoms with E-state index in [0.29, 0.717) is 17.9 Å². The summed E-state index contributed by atoms with van der Waals surface area (Å²) in [5, 5.41) is 7.66. The Kier molecular flexibility index (Phi) is 4.52. The molecule has 0 aromatic carbocycles. The number of halogens is 1. The van der Waals surface area contributed by atoms with Crippen molar-refractivity contribution >= 4 is 31.1 Å². The summed E-state index contributed by atoms with van der Waals surface area (Å²) in [6.45, 7) is 7.36. The second-order valence-electron chi connectivity index (χ2n) is 7.17. The van der Waals surface area contributed by atoms with Crippen LogP contribution >= 0.6 is 21.0 Å². The summed E-state index contributed by atoms with van der Waals surface area (Å²) in [4.78, 5) is 14.0. The third-order valence-corrected chi connectivity index (χ3v) is 5.37. The monoisotopic (exact) mass is 418 g/mol. The Labute approximate surface area is 141 Å². The molecule has 3 aliphatic rings. The molecule has 0 aromatic heterocycles. The highest BCUT2D eigenvalue weighted by Crippen LogP contribution is 2.39. The molecule has 7 heteroatoms. The van der Waals surface area contributed by atoms with Gasteiger partial charge in [0.25, 0.3) is 0 Å². The first kappa shape index (κ1) is 15.9. The SMILES string of the molecule is CC(C)(C)OC(=O)N1CC2CC(NC3=CC=IN=N3)C[C@@H]2C1. The molecule has 1 amide bonds. The average Bonchev–Trinajstić information content (AvgIpc) is 2.96. The number of fused-ring (bicyclic) bond motifs is 1. The van der Waals surface area contributed by atoms with Crippen molar-refractivity contribution in [3.8, 4) is 0 Å². The largest absolute Gasteiger partial charge is 0.444 e. The summed E-state index contributed by atoms with van der Waals surface area (Å²) in [6, 6.07) is 0.450. The van der Waals surface area contributed by atoms with Gasteiger partial charge in [-0.2, -0.15) is 0 Å². The second kappa shape index (κ2) is 6.25. The van der Waals surface area contributed by atoms with Crippen LogP contribution in [0.2, 0.25) is 0 Å². The van der Waals surface area contributed by atoms with Crippen molar-refractivity contribution in [1.82, 2.24) is 10.2 Å². The van der Waals surface area contributed by atoms with Crippen LogP contribution in [-0.2, 0) is 4.74 Å². The number of carbonyl (C=O) groups is 1. The Bertz CT molecular complexity index is 524. The number of rotatable bonds is 2. The fraction of sp³-hybridized carbons (Fsp3) is 0.733. The molecule has 3 atom stereocenters. The van der Waals surface area contributed by atoms with E-state index in [9.17, 15) is 4.79 Å². The van der Waals surface area contributed by atoms with Crippen LogP contribution in [0.25, 0.3) is 0 Å². The zero-order valence-electron chi connectivity index (χ0n) is 13.3. The summed E-state index contributed by atoms with van der Waals surface area (Å²) in [7, 11) is 0. The number of nitrogens with one attached hydrogen (secondary N) is 1. The predicted molar refractivity (Wildman–Crippen MR) is 94.0 cm³/mol. The van der Waals surface area contributed by atoms with Gasteiger partial charge in [-0.15, -0.1) is 8.44 Å². The van der Waals surface area contributed by atoms with Crippen molar-refractivity contribution in [2.45, 2.75) is 45.3 Å². The minimum Gasteiger partial charge on any atom is -0.444 e. The number of hydrogen-bond acceptors (Lipinski definition) is 5. The zero-order valence-corrected chi connectivity index (χ0v) is 15.4. The van der Waals surface area contributed by atoms with Crippen molar-refractivity contribution in [3.63, 3.8) is 0 Å². The summed E-state index contributed by atoms with van der Waals surface area (Å²) in [6.07, 6.45) is 4.05. The van der Waals surface area contributed by atoms with Crippen molar-refractivity contribution in [2.75, 3.05) is 13.1 Å². The maximum Gasteiger partial charge on any atom is 0.410 e. The number of ether oxygens (including phenoxy) is 1. The van der Waals surface area contributed by atoms with E-state index in [1.165, 1.54) is 0 Å². The van der Waals surface area contributed by atoms with E-state index in [1.54, 1.807) is 0 Å². The normalized spacial score (nSPS) is 30.6. The van der Waals surface area contributed by atoms with Gasteiger partial charge < -0.3 is 15.0 Å². The molecule has 1 aliphatic carbocycles. The molecule has 2 fully saturated rings. The number of carbonyl (C=O) groups excluding carboxylic acids is 1. The molecule has 2 heterocycles. The Morgan fingerprint density at radius 2 is 2.05 bits per heavy atom. The van der Waals surface area contributed by atoms with Crippen molar-refractivity contribution < 1.29 is 9.53 Å². The quantitative estimate of drug-likeness (QED) is 0.701. The van der Waals surface area contributed by atoms with Gasteiger partial charge in [-0.1, -0.05) is 0 Å². The lowest BCUT2D eigenvalue weighted by molar-refractivity contribution is 0.0279. The lowest BCUT2D eigenvalue weighted by Gasteiger charge is -2.25. The first-order valence-electron chi connectivity index (χ1n) is 7.72. The van der Waals surface area contributed by atoms with Gasteiger partial charge in [0.1, 0.15) is 11.4 Å². The van der Waals surface area contributed by atoms with E-state index in [-0.39, 0.29) is 27.1 Å². The van der Waals surface area contributed by atoms with Crippen LogP contribution in [0.4, 0.5) is 4.79 Å².